The van der Waals surface area contributed by atoms with Gasteiger partial charge in [-0.15, -0.1) is 11.6 Å². The van der Waals surface area contributed by atoms with Gasteiger partial charge in [0.15, 0.2) is 0 Å². The zero-order chi connectivity index (χ0) is 31.4. The van der Waals surface area contributed by atoms with Crippen molar-refractivity contribution in [2.24, 2.45) is 29.6 Å². The minimum atomic E-state index is -0.699. The van der Waals surface area contributed by atoms with E-state index in [-0.39, 0.29) is 46.2 Å². The summed E-state index contributed by atoms with van der Waals surface area (Å²) in [5, 5.41) is 13.9. The van der Waals surface area contributed by atoms with E-state index in [0.29, 0.717) is 48.8 Å². The second-order valence-corrected chi connectivity index (χ2v) is 16.7. The molecule has 11 heteroatoms. The summed E-state index contributed by atoms with van der Waals surface area (Å²) in [6.45, 7) is 7.25. The van der Waals surface area contributed by atoms with Gasteiger partial charge in [0.05, 0.1) is 37.0 Å². The molecular formula is C34H51ClN4O5S. The molecule has 0 aromatic carbocycles. The molecule has 2 bridgehead atoms. The molecule has 1 aromatic heterocycles. The third kappa shape index (κ3) is 6.26. The minimum absolute atomic E-state index is 0.00859. The number of carboxylic acids is 1. The van der Waals surface area contributed by atoms with Crippen molar-refractivity contribution in [3.63, 3.8) is 0 Å². The highest BCUT2D eigenvalue weighted by Gasteiger charge is 2.52. The minimum Gasteiger partial charge on any atom is -0.481 e. The van der Waals surface area contributed by atoms with Crippen molar-refractivity contribution in [2.75, 3.05) is 32.6 Å². The molecule has 9 nitrogen and oxygen atoms in total. The number of likely N-dealkylation sites (tertiary alicyclic amines) is 1. The standard InChI is InChI=1S/C34H51ClN4O5S/c1-18-12-25(32-30(36-18)27(17-45-32)34(41)42)24-13-22(35)6-9-29(24)44-11-10-39-19(2)37-28-8-7-23(14-26(28)33(39)40)38-15-20-4-5-21(16-38)31(20)43-3/h18,20-25,27,29-32,36H,4-17H2,1-3H3,(H,41,42)/t18?,20-,21+,22?,23?,24?,25?,27?,29?,30?,31?,32?. The number of aryl methyl sites for hydroxylation is 2. The lowest BCUT2D eigenvalue weighted by Gasteiger charge is -2.47. The summed E-state index contributed by atoms with van der Waals surface area (Å²) in [6.07, 6.45) is 9.42. The molecule has 0 spiro atoms. The van der Waals surface area contributed by atoms with Gasteiger partial charge < -0.3 is 19.9 Å². The number of piperidine rings is 2. The Labute approximate surface area is 276 Å². The lowest BCUT2D eigenvalue weighted by Crippen LogP contribution is -2.57. The van der Waals surface area contributed by atoms with Crippen molar-refractivity contribution in [1.29, 1.82) is 0 Å². The molecule has 0 radical (unpaired) electrons. The highest BCUT2D eigenvalue weighted by atomic mass is 35.5. The van der Waals surface area contributed by atoms with Gasteiger partial charge in [-0.05, 0) is 95.3 Å². The fraction of sp³-hybridized carbons (Fsp3) is 0.853. The lowest BCUT2D eigenvalue weighted by molar-refractivity contribution is -0.142. The van der Waals surface area contributed by atoms with Gasteiger partial charge in [-0.1, -0.05) is 0 Å². The van der Waals surface area contributed by atoms with E-state index in [1.54, 1.807) is 0 Å². The number of aliphatic carboxylic acids is 1. The average Bonchev–Trinajstić information content (AvgIpc) is 3.55. The van der Waals surface area contributed by atoms with Gasteiger partial charge in [0.1, 0.15) is 5.82 Å². The van der Waals surface area contributed by atoms with E-state index in [4.69, 9.17) is 26.1 Å². The average molecular weight is 663 g/mol. The highest BCUT2D eigenvalue weighted by molar-refractivity contribution is 8.00. The molecule has 10 unspecified atom stereocenters. The second kappa shape index (κ2) is 13.4. The molecule has 3 aliphatic carbocycles. The molecule has 6 aliphatic rings. The Hall–Kier alpha value is -1.17. The van der Waals surface area contributed by atoms with E-state index in [9.17, 15) is 14.7 Å². The Morgan fingerprint density at radius 3 is 2.64 bits per heavy atom. The summed E-state index contributed by atoms with van der Waals surface area (Å²) in [4.78, 5) is 33.5. The topological polar surface area (TPSA) is 106 Å². The lowest BCUT2D eigenvalue weighted by atomic mass is 9.70. The van der Waals surface area contributed by atoms with Gasteiger partial charge in [0, 0.05) is 60.3 Å². The molecule has 2 N–H and O–H groups in total. The van der Waals surface area contributed by atoms with Gasteiger partial charge in [-0.3, -0.25) is 19.1 Å². The fourth-order valence-corrected chi connectivity index (χ4v) is 12.3. The summed E-state index contributed by atoms with van der Waals surface area (Å²) in [7, 11) is 1.86. The number of ether oxygens (including phenoxy) is 2. The van der Waals surface area contributed by atoms with Crippen molar-refractivity contribution in [1.82, 2.24) is 19.8 Å². The molecule has 0 amide bonds. The van der Waals surface area contributed by atoms with Crippen molar-refractivity contribution in [3.05, 3.63) is 27.4 Å². The van der Waals surface area contributed by atoms with Crippen LogP contribution in [-0.2, 0) is 33.7 Å². The number of carbonyl (C=O) groups is 1. The Morgan fingerprint density at radius 1 is 1.13 bits per heavy atom. The molecule has 45 heavy (non-hydrogen) atoms. The normalized spacial score (nSPS) is 41.5. The number of rotatable bonds is 8. The molecule has 12 atom stereocenters. The van der Waals surface area contributed by atoms with Crippen LogP contribution in [0.25, 0.3) is 0 Å². The molecule has 7 rings (SSSR count). The number of halogens is 1. The Bertz CT molecular complexity index is 1300. The monoisotopic (exact) mass is 662 g/mol. The van der Waals surface area contributed by atoms with Crippen LogP contribution in [0.1, 0.15) is 69.0 Å². The fourth-order valence-electron chi connectivity index (χ4n) is 10.2. The zero-order valence-electron chi connectivity index (χ0n) is 27.0. The first kappa shape index (κ1) is 32.4. The quantitative estimate of drug-likeness (QED) is 0.403. The number of alkyl halides is 1. The van der Waals surface area contributed by atoms with Crippen molar-refractivity contribution in [3.8, 4) is 0 Å². The maximum atomic E-state index is 13.9. The summed E-state index contributed by atoms with van der Waals surface area (Å²) >= 11 is 8.58. The first-order valence-electron chi connectivity index (χ1n) is 17.4. The number of nitrogens with one attached hydrogen (secondary N) is 1. The van der Waals surface area contributed by atoms with Crippen LogP contribution in [0.3, 0.4) is 0 Å². The van der Waals surface area contributed by atoms with Gasteiger partial charge >= 0.3 is 5.97 Å². The third-order valence-electron chi connectivity index (χ3n) is 12.3. The SMILES string of the molecule is COC1[C@@H]2CC[C@H]1CN(C1CCc3nc(C)n(CCOC4CCC(Cl)CC4C4CC(C)NC5C(C(=O)O)CSC45)c(=O)c3C1)C2. The molecule has 3 aliphatic heterocycles. The summed E-state index contributed by atoms with van der Waals surface area (Å²) in [5.41, 5.74) is 2.00. The first-order chi connectivity index (χ1) is 21.7. The smallest absolute Gasteiger partial charge is 0.308 e. The predicted octanol–water partition coefficient (Wildman–Crippen LogP) is 3.74. The van der Waals surface area contributed by atoms with Crippen LogP contribution in [0.4, 0.5) is 0 Å². The maximum Gasteiger partial charge on any atom is 0.308 e. The van der Waals surface area contributed by atoms with E-state index in [2.05, 4.69) is 17.1 Å². The van der Waals surface area contributed by atoms with Crippen LogP contribution in [-0.4, -0.2) is 99.0 Å². The van der Waals surface area contributed by atoms with Crippen LogP contribution in [0, 0.1) is 36.5 Å². The molecule has 1 aromatic rings. The Morgan fingerprint density at radius 2 is 1.91 bits per heavy atom. The molecule has 2 saturated carbocycles. The van der Waals surface area contributed by atoms with E-state index in [1.165, 1.54) is 12.8 Å². The van der Waals surface area contributed by atoms with Crippen molar-refractivity contribution < 1.29 is 19.4 Å². The highest BCUT2D eigenvalue weighted by Crippen LogP contribution is 2.48. The third-order valence-corrected chi connectivity index (χ3v) is 14.3. The first-order valence-corrected chi connectivity index (χ1v) is 18.9. The van der Waals surface area contributed by atoms with E-state index >= 15 is 0 Å². The summed E-state index contributed by atoms with van der Waals surface area (Å²) in [5.74, 6) is 2.26. The maximum absolute atomic E-state index is 13.9. The Kier molecular flexibility index (Phi) is 9.63. The van der Waals surface area contributed by atoms with Crippen LogP contribution in [0.15, 0.2) is 4.79 Å². The number of hydrogen-bond donors (Lipinski definition) is 2. The van der Waals surface area contributed by atoms with Crippen molar-refractivity contribution in [2.45, 2.75) is 119 Å². The molecule has 4 heterocycles. The van der Waals surface area contributed by atoms with E-state index in [1.807, 2.05) is 30.4 Å². The largest absolute Gasteiger partial charge is 0.481 e. The van der Waals surface area contributed by atoms with Crippen LogP contribution in [0.2, 0.25) is 0 Å². The van der Waals surface area contributed by atoms with E-state index in [0.717, 1.165) is 75.1 Å². The Balaban J connectivity index is 1.02. The number of aromatic nitrogens is 2. The summed E-state index contributed by atoms with van der Waals surface area (Å²) in [6, 6.07) is 0.657. The van der Waals surface area contributed by atoms with Gasteiger partial charge in [-0.25, -0.2) is 4.98 Å². The molecule has 3 saturated heterocycles. The number of nitrogens with zero attached hydrogens (tertiary/aromatic N) is 3. The predicted molar refractivity (Wildman–Crippen MR) is 176 cm³/mol. The van der Waals surface area contributed by atoms with Crippen LogP contribution in [0.5, 0.6) is 0 Å². The number of methoxy groups -OCH3 is 1. The summed E-state index contributed by atoms with van der Waals surface area (Å²) < 4.78 is 14.4. The second-order valence-electron chi connectivity index (χ2n) is 14.9. The van der Waals surface area contributed by atoms with Crippen LogP contribution >= 0.6 is 23.4 Å². The van der Waals surface area contributed by atoms with Crippen LogP contribution < -0.4 is 10.9 Å². The number of fused-ring (bicyclic) bond motifs is 4. The van der Waals surface area contributed by atoms with Crippen molar-refractivity contribution >= 4 is 29.3 Å². The molecule has 250 valence electrons. The molecular weight excluding hydrogens is 612 g/mol. The zero-order valence-corrected chi connectivity index (χ0v) is 28.6. The van der Waals surface area contributed by atoms with Gasteiger partial charge in [0.2, 0.25) is 0 Å². The number of hydrogen-bond acceptors (Lipinski definition) is 8. The van der Waals surface area contributed by atoms with E-state index < -0.39 is 5.97 Å². The number of thioether (sulfide) groups is 1. The van der Waals surface area contributed by atoms with Gasteiger partial charge in [-0.2, -0.15) is 11.8 Å². The molecule has 5 fully saturated rings. The van der Waals surface area contributed by atoms with Gasteiger partial charge in [0.25, 0.3) is 5.56 Å². The number of carboxylic acid groups (broad SMARTS) is 1.